The van der Waals surface area contributed by atoms with Gasteiger partial charge in [-0.15, -0.1) is 24.9 Å². The molecule has 2 rings (SSSR count). The lowest BCUT2D eigenvalue weighted by Gasteiger charge is -2.23. The number of thioether (sulfide) groups is 1. The van der Waals surface area contributed by atoms with E-state index in [-0.39, 0.29) is 23.1 Å². The Kier molecular flexibility index (Phi) is 7.53. The van der Waals surface area contributed by atoms with Crippen LogP contribution in [-0.4, -0.2) is 28.7 Å². The molecule has 0 heterocycles. The maximum atomic E-state index is 12.9. The Labute approximate surface area is 184 Å². The lowest BCUT2D eigenvalue weighted by atomic mass is 10.1. The monoisotopic (exact) mass is 507 g/mol. The molecule has 14 heteroatoms. The molecule has 2 N–H and O–H groups in total. The third-order valence-electron chi connectivity index (χ3n) is 3.92. The van der Waals surface area contributed by atoms with Crippen LogP contribution in [-0.2, 0) is 17.1 Å². The van der Waals surface area contributed by atoms with Crippen LogP contribution in [0.15, 0.2) is 47.4 Å². The molecule has 0 spiro atoms. The number of carbonyl (C=O) groups excluding carboxylic acids is 1. The summed E-state index contributed by atoms with van der Waals surface area (Å²) in [7, 11) is 0. The Bertz CT molecular complexity index is 969. The summed E-state index contributed by atoms with van der Waals surface area (Å²) >= 11 is 0.553. The minimum atomic E-state index is -5.15. The van der Waals surface area contributed by atoms with Crippen molar-refractivity contribution in [2.75, 3.05) is 11.1 Å². The smallest absolute Gasteiger partial charge is 0.405 e. The number of para-hydroxylation sites is 1. The fraction of sp³-hybridized carbons (Fsp3) is 0.316. The van der Waals surface area contributed by atoms with E-state index in [1.54, 1.807) is 5.32 Å². The Balaban J connectivity index is 2.22. The second-order valence-electron chi connectivity index (χ2n) is 6.81. The number of rotatable bonds is 6. The molecule has 1 atom stereocenters. The summed E-state index contributed by atoms with van der Waals surface area (Å²) in [6.45, 7) is 0.890. The first-order valence-electron chi connectivity index (χ1n) is 8.69. The summed E-state index contributed by atoms with van der Waals surface area (Å²) in [6, 6.07) is 5.13. The molecule has 2 aromatic rings. The van der Waals surface area contributed by atoms with Crippen LogP contribution in [0.5, 0.6) is 5.75 Å². The predicted octanol–water partition coefficient (Wildman–Crippen LogP) is 6.10. The lowest BCUT2D eigenvalue weighted by molar-refractivity contribution is -0.275. The largest absolute Gasteiger partial charge is 0.573 e. The number of anilines is 1. The van der Waals surface area contributed by atoms with Crippen LogP contribution in [0.1, 0.15) is 18.1 Å². The van der Waals surface area contributed by atoms with Gasteiger partial charge in [0.05, 0.1) is 11.1 Å². The van der Waals surface area contributed by atoms with Gasteiger partial charge < -0.3 is 15.2 Å². The second-order valence-corrected chi connectivity index (χ2v) is 7.82. The average molecular weight is 507 g/mol. The van der Waals surface area contributed by atoms with Crippen molar-refractivity contribution >= 4 is 23.4 Å². The van der Waals surface area contributed by atoms with Crippen molar-refractivity contribution in [1.29, 1.82) is 0 Å². The summed E-state index contributed by atoms with van der Waals surface area (Å²) in [5, 5.41) is 12.1. The van der Waals surface area contributed by atoms with Gasteiger partial charge in [0.15, 0.2) is 0 Å². The molecule has 2 aromatic carbocycles. The summed E-state index contributed by atoms with van der Waals surface area (Å²) in [5.41, 5.74) is -6.64. The number of carbonyl (C=O) groups is 1. The molecule has 0 bridgehead atoms. The molecule has 33 heavy (non-hydrogen) atoms. The Morgan fingerprint density at radius 2 is 1.45 bits per heavy atom. The first-order valence-corrected chi connectivity index (χ1v) is 9.68. The van der Waals surface area contributed by atoms with Crippen LogP contribution in [0.3, 0.4) is 0 Å². The standard InChI is InChI=1S/C19H14F9NO3S/c1-16(31,9-33-14-5-3-2-4-13(14)32-19(26,27)28)15(30)29-12-7-10(17(20,21)22)6-11(8-12)18(23,24)25/h2-8,31H,9H2,1H3,(H,29,30). The molecular weight excluding hydrogens is 493 g/mol. The number of benzene rings is 2. The van der Waals surface area contributed by atoms with Gasteiger partial charge in [0.25, 0.3) is 5.91 Å². The van der Waals surface area contributed by atoms with Gasteiger partial charge >= 0.3 is 18.7 Å². The topological polar surface area (TPSA) is 58.6 Å². The van der Waals surface area contributed by atoms with E-state index in [0.717, 1.165) is 13.0 Å². The normalized spacial score (nSPS) is 14.5. The van der Waals surface area contributed by atoms with Gasteiger partial charge in [0.1, 0.15) is 11.4 Å². The SMILES string of the molecule is CC(O)(CSc1ccccc1OC(F)(F)F)C(=O)Nc1cc(C(F)(F)F)cc(C(F)(F)F)c1. The number of nitrogens with one attached hydrogen (secondary N) is 1. The van der Waals surface area contributed by atoms with Gasteiger partial charge in [-0.05, 0) is 37.3 Å². The molecule has 4 nitrogen and oxygen atoms in total. The zero-order chi connectivity index (χ0) is 25.2. The van der Waals surface area contributed by atoms with Crippen LogP contribution in [0.4, 0.5) is 45.2 Å². The number of ether oxygens (including phenoxy) is 1. The van der Waals surface area contributed by atoms with Crippen molar-refractivity contribution in [3.05, 3.63) is 53.6 Å². The second kappa shape index (κ2) is 9.33. The van der Waals surface area contributed by atoms with Crippen molar-refractivity contribution in [3.8, 4) is 5.75 Å². The molecule has 0 aromatic heterocycles. The van der Waals surface area contributed by atoms with Crippen molar-refractivity contribution in [1.82, 2.24) is 0 Å². The van der Waals surface area contributed by atoms with E-state index in [2.05, 4.69) is 4.74 Å². The van der Waals surface area contributed by atoms with Crippen molar-refractivity contribution in [2.24, 2.45) is 0 Å². The van der Waals surface area contributed by atoms with Gasteiger partial charge in [-0.2, -0.15) is 26.3 Å². The minimum Gasteiger partial charge on any atom is -0.405 e. The van der Waals surface area contributed by atoms with Crippen LogP contribution in [0.25, 0.3) is 0 Å². The van der Waals surface area contributed by atoms with Crippen molar-refractivity contribution in [3.63, 3.8) is 0 Å². The molecule has 0 aliphatic rings. The van der Waals surface area contributed by atoms with Crippen LogP contribution >= 0.6 is 11.8 Å². The highest BCUT2D eigenvalue weighted by Gasteiger charge is 2.38. The average Bonchev–Trinajstić information content (AvgIpc) is 2.64. The Morgan fingerprint density at radius 3 is 1.94 bits per heavy atom. The molecule has 0 fully saturated rings. The molecule has 0 saturated carbocycles. The van der Waals surface area contributed by atoms with Gasteiger partial charge in [-0.3, -0.25) is 4.79 Å². The quantitative estimate of drug-likeness (QED) is 0.366. The third-order valence-corrected chi connectivity index (χ3v) is 5.27. The van der Waals surface area contributed by atoms with E-state index in [0.29, 0.717) is 11.8 Å². The fourth-order valence-electron chi connectivity index (χ4n) is 2.36. The van der Waals surface area contributed by atoms with Crippen LogP contribution in [0.2, 0.25) is 0 Å². The van der Waals surface area contributed by atoms with Gasteiger partial charge in [0.2, 0.25) is 0 Å². The van der Waals surface area contributed by atoms with E-state index in [1.807, 2.05) is 0 Å². The Hall–Kier alpha value is -2.61. The number of hydrogen-bond acceptors (Lipinski definition) is 4. The minimum absolute atomic E-state index is 0.124. The molecule has 1 amide bonds. The first kappa shape index (κ1) is 26.6. The molecule has 0 radical (unpaired) electrons. The van der Waals surface area contributed by atoms with Crippen molar-refractivity contribution < 1.29 is 54.2 Å². The highest BCUT2D eigenvalue weighted by molar-refractivity contribution is 7.99. The van der Waals surface area contributed by atoms with Gasteiger partial charge in [-0.1, -0.05) is 12.1 Å². The summed E-state index contributed by atoms with van der Waals surface area (Å²) in [6.07, 6.45) is -15.3. The van der Waals surface area contributed by atoms with Crippen molar-refractivity contribution in [2.45, 2.75) is 36.1 Å². The first-order chi connectivity index (χ1) is 14.9. The number of alkyl halides is 9. The summed E-state index contributed by atoms with van der Waals surface area (Å²) < 4.78 is 119. The van der Waals surface area contributed by atoms with E-state index in [4.69, 9.17) is 0 Å². The molecule has 0 saturated heterocycles. The van der Waals surface area contributed by atoms with Gasteiger partial charge in [0, 0.05) is 16.3 Å². The van der Waals surface area contributed by atoms with Crippen LogP contribution in [0, 0.1) is 0 Å². The van der Waals surface area contributed by atoms with Crippen LogP contribution < -0.4 is 10.1 Å². The van der Waals surface area contributed by atoms with E-state index < -0.39 is 58.5 Å². The fourth-order valence-corrected chi connectivity index (χ4v) is 3.35. The maximum Gasteiger partial charge on any atom is 0.573 e. The number of hydrogen-bond donors (Lipinski definition) is 2. The highest BCUT2D eigenvalue weighted by Crippen LogP contribution is 2.38. The van der Waals surface area contributed by atoms with Gasteiger partial charge in [-0.25, -0.2) is 0 Å². The maximum absolute atomic E-state index is 12.9. The van der Waals surface area contributed by atoms with E-state index >= 15 is 0 Å². The molecular formula is C19H14F9NO3S. The summed E-state index contributed by atoms with van der Waals surface area (Å²) in [5.74, 6) is -2.61. The number of amides is 1. The van der Waals surface area contributed by atoms with E-state index in [1.165, 1.54) is 18.2 Å². The predicted molar refractivity (Wildman–Crippen MR) is 99.5 cm³/mol. The Morgan fingerprint density at radius 1 is 0.939 bits per heavy atom. The molecule has 182 valence electrons. The number of aliphatic hydroxyl groups is 1. The molecule has 0 aliphatic carbocycles. The zero-order valence-corrected chi connectivity index (χ0v) is 17.1. The summed E-state index contributed by atoms with van der Waals surface area (Å²) in [4.78, 5) is 12.2. The number of halogens is 9. The molecule has 1 unspecified atom stereocenters. The molecule has 0 aliphatic heterocycles. The highest BCUT2D eigenvalue weighted by atomic mass is 32.2. The van der Waals surface area contributed by atoms with E-state index in [9.17, 15) is 49.4 Å². The lowest BCUT2D eigenvalue weighted by Crippen LogP contribution is -2.42. The third kappa shape index (κ3) is 7.74. The zero-order valence-electron chi connectivity index (χ0n) is 16.3.